The monoisotopic (exact) mass is 660 g/mol. The average molecular weight is 661 g/mol. The Morgan fingerprint density at radius 3 is 1.65 bits per heavy atom. The number of aromatic hydroxyl groups is 2. The molecule has 8 nitrogen and oxygen atoms in total. The molecule has 8 heteroatoms. The highest BCUT2D eigenvalue weighted by atomic mass is 16.5. The maximum Gasteiger partial charge on any atom is 0.303 e. The topological polar surface area (TPSA) is 141 Å². The zero-order valence-corrected chi connectivity index (χ0v) is 27.1. The van der Waals surface area contributed by atoms with Gasteiger partial charge in [0.1, 0.15) is 28.9 Å². The van der Waals surface area contributed by atoms with Crippen LogP contribution < -0.4 is 4.74 Å². The molecule has 1 aliphatic heterocycles. The van der Waals surface area contributed by atoms with Crippen molar-refractivity contribution in [1.29, 1.82) is 0 Å². The van der Waals surface area contributed by atoms with E-state index in [2.05, 4.69) is 0 Å². The quantitative estimate of drug-likeness (QED) is 0.0733. The number of fused-ring (bicyclic) bond motifs is 1. The Morgan fingerprint density at radius 2 is 1.16 bits per heavy atom. The first-order chi connectivity index (χ1) is 23.8. The number of rotatable bonds is 15. The predicted molar refractivity (Wildman–Crippen MR) is 186 cm³/mol. The van der Waals surface area contributed by atoms with E-state index < -0.39 is 29.9 Å². The summed E-state index contributed by atoms with van der Waals surface area (Å²) in [7, 11) is 0. The van der Waals surface area contributed by atoms with Gasteiger partial charge in [0.2, 0.25) is 0 Å². The molecule has 49 heavy (non-hydrogen) atoms. The molecule has 3 atom stereocenters. The average Bonchev–Trinajstić information content (AvgIpc) is 3.10. The molecule has 0 saturated carbocycles. The Bertz CT molecular complexity index is 1810. The van der Waals surface area contributed by atoms with Crippen LogP contribution in [0.15, 0.2) is 115 Å². The van der Waals surface area contributed by atoms with E-state index >= 15 is 0 Å². The molecule has 252 valence electrons. The van der Waals surface area contributed by atoms with Gasteiger partial charge in [-0.15, -0.1) is 0 Å². The minimum atomic E-state index is -0.891. The first kappa shape index (κ1) is 34.7. The van der Waals surface area contributed by atoms with Gasteiger partial charge < -0.3 is 25.2 Å². The summed E-state index contributed by atoms with van der Waals surface area (Å²) in [5.74, 6) is -3.92. The third-order valence-electron chi connectivity index (χ3n) is 8.67. The van der Waals surface area contributed by atoms with Crippen molar-refractivity contribution < 1.29 is 39.5 Å². The van der Waals surface area contributed by atoms with Crippen molar-refractivity contribution in [2.75, 3.05) is 0 Å². The molecule has 3 unspecified atom stereocenters. The molecule has 4 aromatic rings. The van der Waals surface area contributed by atoms with E-state index in [9.17, 15) is 24.6 Å². The molecule has 1 heterocycles. The molecule has 5 rings (SSSR count). The summed E-state index contributed by atoms with van der Waals surface area (Å²) in [6, 6.07) is 28.0. The Kier molecular flexibility index (Phi) is 11.7. The van der Waals surface area contributed by atoms with Gasteiger partial charge in [0, 0.05) is 35.8 Å². The fraction of sp³-hybridized carbons (Fsp3) is 0.244. The number of hydrogen-bond donors (Lipinski definition) is 4. The van der Waals surface area contributed by atoms with E-state index in [4.69, 9.17) is 14.9 Å². The molecule has 4 N–H and O–H groups in total. The Balaban J connectivity index is 1.73. The number of ether oxygens (including phenoxy) is 1. The third kappa shape index (κ3) is 8.46. The molecule has 0 bridgehead atoms. The van der Waals surface area contributed by atoms with E-state index in [1.54, 1.807) is 0 Å². The minimum absolute atomic E-state index is 0.00426. The van der Waals surface area contributed by atoms with Gasteiger partial charge in [0.05, 0.1) is 6.42 Å². The van der Waals surface area contributed by atoms with Crippen LogP contribution in [0.5, 0.6) is 17.2 Å². The zero-order valence-electron chi connectivity index (χ0n) is 27.1. The second kappa shape index (κ2) is 16.5. The highest BCUT2D eigenvalue weighted by Gasteiger charge is 2.39. The van der Waals surface area contributed by atoms with Crippen LogP contribution in [-0.4, -0.2) is 38.1 Å². The van der Waals surface area contributed by atoms with Gasteiger partial charge in [-0.1, -0.05) is 115 Å². The third-order valence-corrected chi connectivity index (χ3v) is 8.67. The smallest absolute Gasteiger partial charge is 0.303 e. The number of Topliss-reactive ketones (excluding diaryl/α,β-unsaturated/α-hetero) is 1. The molecule has 0 amide bonds. The number of unbranched alkanes of at least 4 members (excludes halogenated alkanes) is 2. The lowest BCUT2D eigenvalue weighted by atomic mass is 9.79. The molecule has 0 fully saturated rings. The zero-order chi connectivity index (χ0) is 34.8. The van der Waals surface area contributed by atoms with Gasteiger partial charge in [-0.05, 0) is 42.4 Å². The molecule has 0 aromatic heterocycles. The van der Waals surface area contributed by atoms with Crippen LogP contribution in [0.1, 0.15) is 101 Å². The fourth-order valence-corrected chi connectivity index (χ4v) is 6.29. The lowest BCUT2D eigenvalue weighted by molar-refractivity contribution is -0.138. The second-order valence-electron chi connectivity index (χ2n) is 12.1. The Hall–Kier alpha value is -5.63. The molecule has 0 saturated heterocycles. The largest absolute Gasteiger partial charge is 0.507 e. The summed E-state index contributed by atoms with van der Waals surface area (Å²) in [6.07, 6.45) is 8.52. The number of carboxylic acid groups (broad SMARTS) is 2. The summed E-state index contributed by atoms with van der Waals surface area (Å²) in [4.78, 5) is 36.3. The molecule has 0 radical (unpaired) electrons. The number of ketones is 1. The number of benzene rings is 4. The summed E-state index contributed by atoms with van der Waals surface area (Å²) < 4.78 is 6.59. The van der Waals surface area contributed by atoms with Crippen molar-refractivity contribution in [3.63, 3.8) is 0 Å². The molecule has 4 aromatic carbocycles. The van der Waals surface area contributed by atoms with Crippen LogP contribution in [0.2, 0.25) is 0 Å². The van der Waals surface area contributed by atoms with Crippen molar-refractivity contribution >= 4 is 17.7 Å². The minimum Gasteiger partial charge on any atom is -0.507 e. The molecule has 0 aliphatic carbocycles. The number of aliphatic carboxylic acids is 2. The predicted octanol–water partition coefficient (Wildman–Crippen LogP) is 8.69. The summed E-state index contributed by atoms with van der Waals surface area (Å²) >= 11 is 0. The van der Waals surface area contributed by atoms with Crippen molar-refractivity contribution in [2.24, 2.45) is 0 Å². The van der Waals surface area contributed by atoms with Crippen LogP contribution in [0.25, 0.3) is 0 Å². The summed E-state index contributed by atoms with van der Waals surface area (Å²) in [6.45, 7) is 0. The van der Waals surface area contributed by atoms with Gasteiger partial charge in [0.15, 0.2) is 5.78 Å². The maximum atomic E-state index is 14.1. The number of carbonyl (C=O) groups is 3. The van der Waals surface area contributed by atoms with Crippen LogP contribution >= 0.6 is 0 Å². The molecule has 0 spiro atoms. The molecule has 1 aliphatic rings. The first-order valence-corrected chi connectivity index (χ1v) is 16.5. The van der Waals surface area contributed by atoms with Crippen molar-refractivity contribution in [3.8, 4) is 17.2 Å². The van der Waals surface area contributed by atoms with E-state index in [-0.39, 0.29) is 53.4 Å². The van der Waals surface area contributed by atoms with Crippen LogP contribution in [-0.2, 0) is 9.59 Å². The number of hydrogen-bond acceptors (Lipinski definition) is 6. The highest BCUT2D eigenvalue weighted by molar-refractivity contribution is 6.04. The Labute approximate surface area is 285 Å². The molecular weight excluding hydrogens is 620 g/mol. The lowest BCUT2D eigenvalue weighted by Crippen LogP contribution is -2.23. The second-order valence-corrected chi connectivity index (χ2v) is 12.1. The van der Waals surface area contributed by atoms with E-state index in [1.807, 2.05) is 115 Å². The van der Waals surface area contributed by atoms with Crippen molar-refractivity contribution in [2.45, 2.75) is 62.9 Å². The van der Waals surface area contributed by atoms with Gasteiger partial charge in [0.25, 0.3) is 0 Å². The van der Waals surface area contributed by atoms with Crippen molar-refractivity contribution in [3.05, 3.63) is 149 Å². The summed E-state index contributed by atoms with van der Waals surface area (Å²) in [5, 5.41) is 42.6. The van der Waals surface area contributed by atoms with Crippen LogP contribution in [0, 0.1) is 0 Å². The fourth-order valence-electron chi connectivity index (χ4n) is 6.29. The van der Waals surface area contributed by atoms with Crippen LogP contribution in [0.3, 0.4) is 0 Å². The number of carbonyl (C=O) groups excluding carboxylic acids is 1. The first-order valence-electron chi connectivity index (χ1n) is 16.5. The van der Waals surface area contributed by atoms with E-state index in [1.165, 1.54) is 0 Å². The van der Waals surface area contributed by atoms with Crippen LogP contribution in [0.4, 0.5) is 0 Å². The lowest BCUT2D eigenvalue weighted by Gasteiger charge is -2.32. The van der Waals surface area contributed by atoms with Gasteiger partial charge in [-0.25, -0.2) is 0 Å². The van der Waals surface area contributed by atoms with Gasteiger partial charge >= 0.3 is 11.9 Å². The maximum absolute atomic E-state index is 14.1. The normalized spacial score (nSPS) is 15.5. The Morgan fingerprint density at radius 1 is 0.694 bits per heavy atom. The SMILES string of the molecule is O=C(O)CCCC=CC(c1ccccc1)c1c(O)c2c(c(C(C=CCCCC(=O)O)c3ccccc3)c1O)OC(c1ccccc1)CC2=O. The number of phenols is 2. The van der Waals surface area contributed by atoms with Gasteiger partial charge in [-0.3, -0.25) is 14.4 Å². The van der Waals surface area contributed by atoms with Gasteiger partial charge in [-0.2, -0.15) is 0 Å². The number of phenolic OH excluding ortho intramolecular Hbond substituents is 2. The highest BCUT2D eigenvalue weighted by Crippen LogP contribution is 2.54. The van der Waals surface area contributed by atoms with E-state index in [0.29, 0.717) is 31.2 Å². The summed E-state index contributed by atoms with van der Waals surface area (Å²) in [5.41, 5.74) is 2.78. The number of carboxylic acids is 2. The van der Waals surface area contributed by atoms with E-state index in [0.717, 1.165) is 16.7 Å². The standard InChI is InChI=1S/C41H40O8/c42-32-26-33(29-20-10-3-11-21-29)49-41-37(31(28-18-8-2-9-19-28)23-13-5-15-25-35(45)46)39(47)36(40(48)38(32)41)30(27-16-6-1-7-17-27)22-12-4-14-24-34(43)44/h1-3,6-13,16-23,30-31,33,47-48H,4-5,14-15,24-26H2,(H,43,44)(H,45,46). The van der Waals surface area contributed by atoms with Crippen molar-refractivity contribution in [1.82, 2.24) is 0 Å². The number of allylic oxidation sites excluding steroid dienone is 4. The molecular formula is C41H40O8.